The van der Waals surface area contributed by atoms with Gasteiger partial charge in [0.05, 0.1) is 5.52 Å². The predicted molar refractivity (Wildman–Crippen MR) is 66.8 cm³/mol. The summed E-state index contributed by atoms with van der Waals surface area (Å²) in [5.74, 6) is 0.0545. The fourth-order valence-corrected chi connectivity index (χ4v) is 2.39. The number of Topliss-reactive ketones (excluding diaryl/α,β-unsaturated/α-hetero) is 1. The first kappa shape index (κ1) is 11.2. The highest BCUT2D eigenvalue weighted by atomic mass is 16.4. The maximum Gasteiger partial charge on any atom is 0.417 e. The first-order chi connectivity index (χ1) is 8.72. The van der Waals surface area contributed by atoms with Crippen LogP contribution in [0.25, 0.3) is 11.1 Å². The standard InChI is InChI=1S/C13H14N2O3/c16-11(5-8-3-4-14-7-8)9-1-2-12-10(6-9)15-13(17)18-12/h1-2,6,8,14H,3-5,7H2,(H,15,17). The van der Waals surface area contributed by atoms with Crippen molar-refractivity contribution in [2.24, 2.45) is 5.92 Å². The lowest BCUT2D eigenvalue weighted by atomic mass is 9.97. The molecule has 94 valence electrons. The summed E-state index contributed by atoms with van der Waals surface area (Å²) in [4.78, 5) is 25.7. The van der Waals surface area contributed by atoms with Crippen molar-refractivity contribution in [3.63, 3.8) is 0 Å². The minimum atomic E-state index is -0.491. The zero-order chi connectivity index (χ0) is 12.5. The zero-order valence-electron chi connectivity index (χ0n) is 9.86. The smallest absolute Gasteiger partial charge is 0.408 e. The molecular weight excluding hydrogens is 232 g/mol. The summed E-state index contributed by atoms with van der Waals surface area (Å²) in [5, 5.41) is 3.25. The summed E-state index contributed by atoms with van der Waals surface area (Å²) in [5.41, 5.74) is 1.70. The lowest BCUT2D eigenvalue weighted by molar-refractivity contribution is 0.0964. The lowest BCUT2D eigenvalue weighted by Gasteiger charge is -2.06. The maximum absolute atomic E-state index is 12.1. The summed E-state index contributed by atoms with van der Waals surface area (Å²) >= 11 is 0. The van der Waals surface area contributed by atoms with Gasteiger partial charge in [-0.3, -0.25) is 9.78 Å². The Morgan fingerprint density at radius 1 is 1.44 bits per heavy atom. The third kappa shape index (κ3) is 2.09. The number of carbonyl (C=O) groups is 1. The van der Waals surface area contributed by atoms with Crippen molar-refractivity contribution in [1.82, 2.24) is 10.3 Å². The van der Waals surface area contributed by atoms with E-state index < -0.39 is 5.76 Å². The van der Waals surface area contributed by atoms with Gasteiger partial charge in [0.25, 0.3) is 0 Å². The number of rotatable bonds is 3. The number of oxazole rings is 1. The summed E-state index contributed by atoms with van der Waals surface area (Å²) in [6, 6.07) is 5.06. The van der Waals surface area contributed by atoms with Gasteiger partial charge in [-0.25, -0.2) is 4.79 Å². The Morgan fingerprint density at radius 2 is 2.33 bits per heavy atom. The third-order valence-corrected chi connectivity index (χ3v) is 3.38. The quantitative estimate of drug-likeness (QED) is 0.800. The highest BCUT2D eigenvalue weighted by Gasteiger charge is 2.19. The molecule has 1 aliphatic rings. The van der Waals surface area contributed by atoms with E-state index in [9.17, 15) is 9.59 Å². The number of aromatic nitrogens is 1. The molecule has 0 radical (unpaired) electrons. The topological polar surface area (TPSA) is 75.1 Å². The Hall–Kier alpha value is -1.88. The molecule has 5 heteroatoms. The van der Waals surface area contributed by atoms with Crippen LogP contribution < -0.4 is 11.1 Å². The largest absolute Gasteiger partial charge is 0.417 e. The van der Waals surface area contributed by atoms with Gasteiger partial charge in [-0.2, -0.15) is 0 Å². The fraction of sp³-hybridized carbons (Fsp3) is 0.385. The van der Waals surface area contributed by atoms with Crippen LogP contribution in [-0.2, 0) is 0 Å². The van der Waals surface area contributed by atoms with Gasteiger partial charge in [-0.05, 0) is 43.6 Å². The molecule has 2 aromatic rings. The highest BCUT2D eigenvalue weighted by Crippen LogP contribution is 2.18. The van der Waals surface area contributed by atoms with Crippen molar-refractivity contribution in [3.05, 3.63) is 34.3 Å². The molecule has 0 amide bonds. The second-order valence-corrected chi connectivity index (χ2v) is 4.71. The Balaban J connectivity index is 1.84. The number of aromatic amines is 1. The van der Waals surface area contributed by atoms with Gasteiger partial charge in [-0.15, -0.1) is 0 Å². The fourth-order valence-electron chi connectivity index (χ4n) is 2.39. The molecule has 3 rings (SSSR count). The van der Waals surface area contributed by atoms with E-state index in [1.165, 1.54) is 0 Å². The van der Waals surface area contributed by atoms with E-state index >= 15 is 0 Å². The number of nitrogens with one attached hydrogen (secondary N) is 2. The van der Waals surface area contributed by atoms with E-state index in [-0.39, 0.29) is 5.78 Å². The van der Waals surface area contributed by atoms with Crippen LogP contribution in [0.1, 0.15) is 23.2 Å². The molecule has 1 fully saturated rings. The van der Waals surface area contributed by atoms with Crippen molar-refractivity contribution in [1.29, 1.82) is 0 Å². The number of ketones is 1. The minimum absolute atomic E-state index is 0.118. The molecule has 5 nitrogen and oxygen atoms in total. The second-order valence-electron chi connectivity index (χ2n) is 4.71. The summed E-state index contributed by atoms with van der Waals surface area (Å²) in [7, 11) is 0. The van der Waals surface area contributed by atoms with E-state index in [2.05, 4.69) is 10.3 Å². The van der Waals surface area contributed by atoms with Crippen molar-refractivity contribution in [2.75, 3.05) is 13.1 Å². The number of fused-ring (bicyclic) bond motifs is 1. The zero-order valence-corrected chi connectivity index (χ0v) is 9.86. The Bertz CT molecular complexity index is 635. The minimum Gasteiger partial charge on any atom is -0.408 e. The van der Waals surface area contributed by atoms with Crippen LogP contribution in [0.2, 0.25) is 0 Å². The van der Waals surface area contributed by atoms with Crippen molar-refractivity contribution in [3.8, 4) is 0 Å². The van der Waals surface area contributed by atoms with Gasteiger partial charge >= 0.3 is 5.76 Å². The molecule has 18 heavy (non-hydrogen) atoms. The van der Waals surface area contributed by atoms with Gasteiger partial charge in [-0.1, -0.05) is 0 Å². The van der Waals surface area contributed by atoms with E-state index in [0.717, 1.165) is 19.5 Å². The van der Waals surface area contributed by atoms with E-state index in [0.29, 0.717) is 29.0 Å². The Morgan fingerprint density at radius 3 is 3.11 bits per heavy atom. The summed E-state index contributed by atoms with van der Waals surface area (Å²) in [6.45, 7) is 1.91. The number of H-pyrrole nitrogens is 1. The SMILES string of the molecule is O=C(CC1CCNC1)c1ccc2oc(=O)[nH]c2c1. The van der Waals surface area contributed by atoms with E-state index in [4.69, 9.17) is 4.42 Å². The summed E-state index contributed by atoms with van der Waals surface area (Å²) < 4.78 is 4.90. The summed E-state index contributed by atoms with van der Waals surface area (Å²) in [6.07, 6.45) is 1.61. The van der Waals surface area contributed by atoms with Crippen LogP contribution in [0.15, 0.2) is 27.4 Å². The average molecular weight is 246 g/mol. The van der Waals surface area contributed by atoms with Gasteiger partial charge in [0.1, 0.15) is 0 Å². The predicted octanol–water partition coefficient (Wildman–Crippen LogP) is 1.30. The number of hydrogen-bond acceptors (Lipinski definition) is 4. The average Bonchev–Trinajstić information content (AvgIpc) is 2.95. The molecule has 1 aliphatic heterocycles. The van der Waals surface area contributed by atoms with Gasteiger partial charge < -0.3 is 9.73 Å². The van der Waals surface area contributed by atoms with E-state index in [1.807, 2.05) is 0 Å². The molecule has 0 aliphatic carbocycles. The first-order valence-electron chi connectivity index (χ1n) is 6.09. The molecular formula is C13H14N2O3. The van der Waals surface area contributed by atoms with E-state index in [1.54, 1.807) is 18.2 Å². The molecule has 1 saturated heterocycles. The molecule has 2 N–H and O–H groups in total. The molecule has 2 heterocycles. The van der Waals surface area contributed by atoms with Gasteiger partial charge in [0, 0.05) is 12.0 Å². The molecule has 0 bridgehead atoms. The monoisotopic (exact) mass is 246 g/mol. The van der Waals surface area contributed by atoms with Crippen molar-refractivity contribution >= 4 is 16.9 Å². The maximum atomic E-state index is 12.1. The van der Waals surface area contributed by atoms with Crippen LogP contribution in [0.5, 0.6) is 0 Å². The molecule has 1 aromatic carbocycles. The molecule has 0 spiro atoms. The lowest BCUT2D eigenvalue weighted by Crippen LogP contribution is -2.12. The Labute approximate surface area is 103 Å². The van der Waals surface area contributed by atoms with Crippen LogP contribution in [-0.4, -0.2) is 23.9 Å². The normalized spacial score (nSPS) is 19.4. The van der Waals surface area contributed by atoms with Crippen LogP contribution in [0, 0.1) is 5.92 Å². The Kier molecular flexibility index (Phi) is 2.76. The second kappa shape index (κ2) is 4.42. The van der Waals surface area contributed by atoms with Gasteiger partial charge in [0.15, 0.2) is 11.4 Å². The first-order valence-corrected chi connectivity index (χ1v) is 6.09. The number of carbonyl (C=O) groups excluding carboxylic acids is 1. The van der Waals surface area contributed by atoms with Crippen LogP contribution >= 0.6 is 0 Å². The number of hydrogen-bond donors (Lipinski definition) is 2. The van der Waals surface area contributed by atoms with Crippen LogP contribution in [0.4, 0.5) is 0 Å². The number of benzene rings is 1. The third-order valence-electron chi connectivity index (χ3n) is 3.38. The van der Waals surface area contributed by atoms with Crippen molar-refractivity contribution < 1.29 is 9.21 Å². The molecule has 1 aromatic heterocycles. The van der Waals surface area contributed by atoms with Crippen molar-refractivity contribution in [2.45, 2.75) is 12.8 Å². The molecule has 0 saturated carbocycles. The highest BCUT2D eigenvalue weighted by molar-refractivity contribution is 5.98. The molecule has 1 atom stereocenters. The van der Waals surface area contributed by atoms with Crippen LogP contribution in [0.3, 0.4) is 0 Å². The molecule has 1 unspecified atom stereocenters. The van der Waals surface area contributed by atoms with Gasteiger partial charge in [0.2, 0.25) is 0 Å².